The predicted molar refractivity (Wildman–Crippen MR) is 105 cm³/mol. The molecular weight excluding hydrogens is 415 g/mol. The highest BCUT2D eigenvalue weighted by atomic mass is 19.3. The highest BCUT2D eigenvalue weighted by Gasteiger charge is 2.35. The Labute approximate surface area is 176 Å². The van der Waals surface area contributed by atoms with E-state index in [2.05, 4.69) is 14.7 Å². The molecule has 0 radical (unpaired) electrons. The molecule has 2 aliphatic rings. The van der Waals surface area contributed by atoms with Gasteiger partial charge in [0.1, 0.15) is 17.6 Å². The molecular formula is C20H21F3N5O3-. The van der Waals surface area contributed by atoms with Gasteiger partial charge in [-0.25, -0.2) is 14.4 Å². The van der Waals surface area contributed by atoms with Crippen LogP contribution in [-0.2, 0) is 0 Å². The number of aromatic nitrogens is 2. The normalized spacial score (nSPS) is 21.5. The Morgan fingerprint density at radius 1 is 1.35 bits per heavy atom. The second-order valence-corrected chi connectivity index (χ2v) is 8.08. The summed E-state index contributed by atoms with van der Waals surface area (Å²) < 4.78 is 44.2. The minimum atomic E-state index is -3.06. The number of ether oxygens (including phenoxy) is 1. The van der Waals surface area contributed by atoms with E-state index in [1.165, 1.54) is 24.1 Å². The number of nitrogens with two attached hydrogens (primary N) is 1. The van der Waals surface area contributed by atoms with Gasteiger partial charge in [0.25, 0.3) is 0 Å². The molecule has 1 amide bonds. The molecule has 1 atom stereocenters. The smallest absolute Gasteiger partial charge is 0.387 e. The van der Waals surface area contributed by atoms with Gasteiger partial charge in [0, 0.05) is 43.7 Å². The van der Waals surface area contributed by atoms with Crippen LogP contribution in [-0.4, -0.2) is 59.4 Å². The van der Waals surface area contributed by atoms with Gasteiger partial charge in [-0.05, 0) is 30.7 Å². The summed E-state index contributed by atoms with van der Waals surface area (Å²) in [5.41, 5.74) is 5.89. The fourth-order valence-corrected chi connectivity index (χ4v) is 3.83. The first-order chi connectivity index (χ1) is 14.6. The second-order valence-electron chi connectivity index (χ2n) is 8.08. The van der Waals surface area contributed by atoms with Gasteiger partial charge in [-0.1, -0.05) is 0 Å². The molecule has 2 N–H and O–H groups in total. The molecule has 2 aromatic rings. The number of alkyl halides is 3. The minimum Gasteiger partial charge on any atom is -0.530 e. The average molecular weight is 436 g/mol. The third-order valence-electron chi connectivity index (χ3n) is 5.59. The molecule has 4 rings (SSSR count). The topological polar surface area (TPSA) is 108 Å². The minimum absolute atomic E-state index is 0.0868. The first kappa shape index (κ1) is 21.0. The molecule has 2 saturated heterocycles. The Kier molecular flexibility index (Phi) is 5.28. The zero-order chi connectivity index (χ0) is 22.3. The molecule has 0 aromatic carbocycles. The molecule has 1 unspecified atom stereocenters. The predicted octanol–water partition coefficient (Wildman–Crippen LogP) is 2.01. The van der Waals surface area contributed by atoms with Crippen molar-refractivity contribution >= 4 is 17.7 Å². The van der Waals surface area contributed by atoms with E-state index in [1.807, 2.05) is 11.0 Å². The maximum Gasteiger partial charge on any atom is 0.387 e. The summed E-state index contributed by atoms with van der Waals surface area (Å²) >= 11 is 0. The van der Waals surface area contributed by atoms with Crippen LogP contribution in [0.5, 0.6) is 5.75 Å². The number of hydrogen-bond acceptors (Lipinski definition) is 7. The van der Waals surface area contributed by atoms with Gasteiger partial charge in [0.05, 0.1) is 12.2 Å². The lowest BCUT2D eigenvalue weighted by atomic mass is 9.91. The highest BCUT2D eigenvalue weighted by Crippen LogP contribution is 2.36. The molecule has 2 fully saturated rings. The van der Waals surface area contributed by atoms with Crippen LogP contribution in [0, 0.1) is 0 Å². The number of pyridine rings is 2. The maximum atomic E-state index is 14.4. The third-order valence-corrected chi connectivity index (χ3v) is 5.59. The van der Waals surface area contributed by atoms with E-state index in [0.717, 1.165) is 5.56 Å². The Bertz CT molecular complexity index is 998. The molecule has 0 spiro atoms. The summed E-state index contributed by atoms with van der Waals surface area (Å²) in [6.45, 7) is -0.361. The van der Waals surface area contributed by atoms with Crippen molar-refractivity contribution in [3.8, 4) is 17.0 Å². The van der Waals surface area contributed by atoms with Crippen LogP contribution in [0.2, 0.25) is 0 Å². The number of nitrogens with zero attached hydrogens (tertiary/aromatic N) is 4. The lowest BCUT2D eigenvalue weighted by Crippen LogP contribution is -2.53. The third kappa shape index (κ3) is 4.44. The second kappa shape index (κ2) is 7.78. The lowest BCUT2D eigenvalue weighted by Gasteiger charge is -2.41. The van der Waals surface area contributed by atoms with Gasteiger partial charge in [0.2, 0.25) is 0 Å². The first-order valence-electron chi connectivity index (χ1n) is 9.74. The van der Waals surface area contributed by atoms with Gasteiger partial charge in [-0.3, -0.25) is 0 Å². The lowest BCUT2D eigenvalue weighted by molar-refractivity contribution is -0.270. The Hall–Kier alpha value is -3.24. The molecule has 31 heavy (non-hydrogen) atoms. The summed E-state index contributed by atoms with van der Waals surface area (Å²) in [6, 6.07) is 4.87. The van der Waals surface area contributed by atoms with Crippen LogP contribution in [0.25, 0.3) is 11.3 Å². The van der Waals surface area contributed by atoms with Crippen LogP contribution in [0.3, 0.4) is 0 Å². The number of carbonyl (C=O) groups excluding carboxylic acids is 1. The standard InChI is InChI=1S/C20H22F3N5O3/c1-20(23)2-3-27(10-20)16-6-11(13-8-28(9-13)19(29)30)4-14(26-16)12-5-15(31-18(21)22)17(24)25-7-12/h4-7,13,18H,2-3,8-10H2,1H3,(H2,24,25)(H,29,30)/p-1. The monoisotopic (exact) mass is 436 g/mol. The SMILES string of the molecule is CC1(F)CCN(c2cc(C3CN(C(=O)[O-])C3)cc(-c3cnc(N)c(OC(F)F)c3)n2)C1. The van der Waals surface area contributed by atoms with Crippen molar-refractivity contribution in [1.82, 2.24) is 14.9 Å². The van der Waals surface area contributed by atoms with Crippen molar-refractivity contribution < 1.29 is 27.8 Å². The number of halogens is 3. The van der Waals surface area contributed by atoms with Gasteiger partial charge < -0.3 is 30.2 Å². The molecule has 0 bridgehead atoms. The van der Waals surface area contributed by atoms with Gasteiger partial charge in [-0.2, -0.15) is 8.78 Å². The van der Waals surface area contributed by atoms with E-state index in [9.17, 15) is 23.1 Å². The summed E-state index contributed by atoms with van der Waals surface area (Å²) in [5.74, 6) is -0.0208. The molecule has 0 aliphatic carbocycles. The van der Waals surface area contributed by atoms with Crippen LogP contribution >= 0.6 is 0 Å². The zero-order valence-corrected chi connectivity index (χ0v) is 16.7. The molecule has 4 heterocycles. The average Bonchev–Trinajstić information content (AvgIpc) is 3.01. The number of anilines is 2. The Morgan fingerprint density at radius 3 is 2.71 bits per heavy atom. The number of carbonyl (C=O) groups is 1. The molecule has 0 saturated carbocycles. The fourth-order valence-electron chi connectivity index (χ4n) is 3.83. The van der Waals surface area contributed by atoms with E-state index in [4.69, 9.17) is 5.73 Å². The van der Waals surface area contributed by atoms with Crippen LogP contribution in [0.4, 0.5) is 29.6 Å². The molecule has 2 aromatic heterocycles. The van der Waals surface area contributed by atoms with Crippen molar-refractivity contribution in [2.24, 2.45) is 0 Å². The van der Waals surface area contributed by atoms with Crippen molar-refractivity contribution in [1.29, 1.82) is 0 Å². The van der Waals surface area contributed by atoms with Crippen LogP contribution in [0.15, 0.2) is 24.4 Å². The van der Waals surface area contributed by atoms with Crippen molar-refractivity contribution in [3.63, 3.8) is 0 Å². The number of nitrogen functional groups attached to an aromatic ring is 1. The highest BCUT2D eigenvalue weighted by molar-refractivity contribution is 5.68. The van der Waals surface area contributed by atoms with Crippen LogP contribution in [0.1, 0.15) is 24.8 Å². The van der Waals surface area contributed by atoms with Crippen LogP contribution < -0.4 is 20.5 Å². The molecule has 8 nitrogen and oxygen atoms in total. The van der Waals surface area contributed by atoms with Crippen molar-refractivity contribution in [2.75, 3.05) is 36.8 Å². The molecule has 2 aliphatic heterocycles. The summed E-state index contributed by atoms with van der Waals surface area (Å²) in [5, 5.41) is 11.0. The summed E-state index contributed by atoms with van der Waals surface area (Å²) in [4.78, 5) is 22.5. The Balaban J connectivity index is 1.71. The van der Waals surface area contributed by atoms with E-state index in [-0.39, 0.29) is 37.1 Å². The van der Waals surface area contributed by atoms with Crippen molar-refractivity contribution in [2.45, 2.75) is 31.5 Å². The number of likely N-dealkylation sites (tertiary alicyclic amines) is 1. The number of amides is 1. The van der Waals surface area contributed by atoms with Gasteiger partial charge in [-0.15, -0.1) is 0 Å². The fraction of sp³-hybridized carbons (Fsp3) is 0.450. The summed E-state index contributed by atoms with van der Waals surface area (Å²) in [6.07, 6.45) is 0.502. The quantitative estimate of drug-likeness (QED) is 0.764. The number of carboxylic acid groups (broad SMARTS) is 1. The van der Waals surface area contributed by atoms with E-state index in [0.29, 0.717) is 30.0 Å². The largest absolute Gasteiger partial charge is 0.530 e. The Morgan fingerprint density at radius 2 is 2.10 bits per heavy atom. The van der Waals surface area contributed by atoms with Crippen molar-refractivity contribution in [3.05, 3.63) is 30.0 Å². The van der Waals surface area contributed by atoms with E-state index < -0.39 is 18.4 Å². The number of rotatable bonds is 5. The number of hydrogen-bond donors (Lipinski definition) is 1. The zero-order valence-electron chi connectivity index (χ0n) is 16.7. The van der Waals surface area contributed by atoms with Gasteiger partial charge in [0.15, 0.2) is 11.6 Å². The molecule has 11 heteroatoms. The summed E-state index contributed by atoms with van der Waals surface area (Å²) in [7, 11) is 0. The molecule has 166 valence electrons. The first-order valence-corrected chi connectivity index (χ1v) is 9.74. The maximum absolute atomic E-state index is 14.4. The van der Waals surface area contributed by atoms with Gasteiger partial charge >= 0.3 is 6.61 Å². The van der Waals surface area contributed by atoms with E-state index >= 15 is 0 Å². The van der Waals surface area contributed by atoms with E-state index in [1.54, 1.807) is 6.07 Å².